The van der Waals surface area contributed by atoms with Crippen molar-refractivity contribution in [3.63, 3.8) is 0 Å². The molecule has 0 aliphatic carbocycles. The SMILES string of the molecule is Cc1cc(Cc2ccc(CC(C)(C)C)c(C)c2)ccc1CCc1ccc(-c2ccc(CC(C)(C)C)cc2)cc1. The molecule has 0 N–H and O–H groups in total. The average Bonchev–Trinajstić information content (AvgIpc) is 2.84. The molecular formula is C39H48. The third-order valence-electron chi connectivity index (χ3n) is 7.60. The highest BCUT2D eigenvalue weighted by molar-refractivity contribution is 5.64. The summed E-state index contributed by atoms with van der Waals surface area (Å²) in [6.07, 6.45) is 5.38. The van der Waals surface area contributed by atoms with Crippen molar-refractivity contribution in [1.29, 1.82) is 0 Å². The molecule has 0 spiro atoms. The van der Waals surface area contributed by atoms with E-state index in [1.165, 1.54) is 55.6 Å². The van der Waals surface area contributed by atoms with Crippen LogP contribution in [0.15, 0.2) is 84.9 Å². The second-order valence-corrected chi connectivity index (χ2v) is 14.1. The Labute approximate surface area is 238 Å². The van der Waals surface area contributed by atoms with Crippen molar-refractivity contribution in [2.45, 2.75) is 87.5 Å². The van der Waals surface area contributed by atoms with E-state index in [9.17, 15) is 0 Å². The normalized spacial score (nSPS) is 12.1. The molecule has 0 nitrogen and oxygen atoms in total. The molecule has 0 aliphatic rings. The summed E-state index contributed by atoms with van der Waals surface area (Å²) < 4.78 is 0. The van der Waals surface area contributed by atoms with Crippen molar-refractivity contribution in [2.75, 3.05) is 0 Å². The Bertz CT molecular complexity index is 1370. The van der Waals surface area contributed by atoms with Gasteiger partial charge in [0.2, 0.25) is 0 Å². The molecule has 0 unspecified atom stereocenters. The molecule has 39 heavy (non-hydrogen) atoms. The summed E-state index contributed by atoms with van der Waals surface area (Å²) in [7, 11) is 0. The predicted octanol–water partition coefficient (Wildman–Crippen LogP) is 10.5. The fourth-order valence-electron chi connectivity index (χ4n) is 5.59. The van der Waals surface area contributed by atoms with Gasteiger partial charge < -0.3 is 0 Å². The summed E-state index contributed by atoms with van der Waals surface area (Å²) in [5, 5.41) is 0. The lowest BCUT2D eigenvalue weighted by Crippen LogP contribution is -2.10. The number of hydrogen-bond donors (Lipinski definition) is 0. The summed E-state index contributed by atoms with van der Waals surface area (Å²) in [5.41, 5.74) is 14.6. The first kappa shape index (κ1) is 28.9. The highest BCUT2D eigenvalue weighted by Gasteiger charge is 2.14. The summed E-state index contributed by atoms with van der Waals surface area (Å²) in [4.78, 5) is 0. The van der Waals surface area contributed by atoms with Gasteiger partial charge in [-0.2, -0.15) is 0 Å². The minimum Gasteiger partial charge on any atom is -0.0599 e. The summed E-state index contributed by atoms with van der Waals surface area (Å²) >= 11 is 0. The predicted molar refractivity (Wildman–Crippen MR) is 171 cm³/mol. The quantitative estimate of drug-likeness (QED) is 0.218. The topological polar surface area (TPSA) is 0 Å². The zero-order valence-corrected chi connectivity index (χ0v) is 25.6. The molecule has 204 valence electrons. The van der Waals surface area contributed by atoms with Crippen LogP contribution in [-0.4, -0.2) is 0 Å². The van der Waals surface area contributed by atoms with Crippen LogP contribution < -0.4 is 0 Å². The Balaban J connectivity index is 1.34. The van der Waals surface area contributed by atoms with Crippen LogP contribution in [-0.2, 0) is 32.1 Å². The average molecular weight is 517 g/mol. The van der Waals surface area contributed by atoms with Gasteiger partial charge in [0, 0.05) is 0 Å². The molecule has 0 aliphatic heterocycles. The molecule has 4 rings (SSSR count). The standard InChI is InChI=1S/C39H48/c1-28-23-32(25-33-15-22-37(29(2)24-33)27-39(6,7)8)14-17-34(28)16-9-30-10-18-35(19-11-30)36-20-12-31(13-21-36)26-38(3,4)5/h10-15,17-24H,9,16,25-27H2,1-8H3. The molecule has 0 bridgehead atoms. The van der Waals surface area contributed by atoms with E-state index in [2.05, 4.69) is 140 Å². The maximum Gasteiger partial charge on any atom is -0.00256 e. The third kappa shape index (κ3) is 8.69. The van der Waals surface area contributed by atoms with Crippen LogP contribution in [0.1, 0.15) is 86.1 Å². The van der Waals surface area contributed by atoms with E-state index in [1.54, 1.807) is 0 Å². The Hall–Kier alpha value is -3.12. The molecule has 0 saturated heterocycles. The maximum atomic E-state index is 2.39. The second-order valence-electron chi connectivity index (χ2n) is 14.1. The minimum absolute atomic E-state index is 0.319. The highest BCUT2D eigenvalue weighted by Crippen LogP contribution is 2.26. The lowest BCUT2D eigenvalue weighted by atomic mass is 9.85. The van der Waals surface area contributed by atoms with E-state index in [0.717, 1.165) is 32.1 Å². The number of benzene rings is 4. The van der Waals surface area contributed by atoms with E-state index < -0.39 is 0 Å². The fourth-order valence-corrected chi connectivity index (χ4v) is 5.59. The van der Waals surface area contributed by atoms with Gasteiger partial charge in [0.1, 0.15) is 0 Å². The Morgan fingerprint density at radius 2 is 0.872 bits per heavy atom. The van der Waals surface area contributed by atoms with Gasteiger partial charge in [0.15, 0.2) is 0 Å². The molecule has 4 aromatic rings. The van der Waals surface area contributed by atoms with Crippen LogP contribution in [0, 0.1) is 24.7 Å². The molecule has 0 amide bonds. The van der Waals surface area contributed by atoms with E-state index in [4.69, 9.17) is 0 Å². The van der Waals surface area contributed by atoms with Gasteiger partial charge in [-0.15, -0.1) is 0 Å². The molecule has 0 heterocycles. The van der Waals surface area contributed by atoms with Crippen molar-refractivity contribution in [3.8, 4) is 11.1 Å². The minimum atomic E-state index is 0.319. The van der Waals surface area contributed by atoms with E-state index in [0.29, 0.717) is 10.8 Å². The molecule has 0 radical (unpaired) electrons. The second kappa shape index (κ2) is 12.0. The van der Waals surface area contributed by atoms with Crippen LogP contribution in [0.4, 0.5) is 0 Å². The first-order valence-electron chi connectivity index (χ1n) is 14.7. The molecule has 4 aromatic carbocycles. The van der Waals surface area contributed by atoms with Crippen LogP contribution in [0.25, 0.3) is 11.1 Å². The van der Waals surface area contributed by atoms with Gasteiger partial charge in [-0.3, -0.25) is 0 Å². The molecule has 0 fully saturated rings. The Morgan fingerprint density at radius 1 is 0.436 bits per heavy atom. The fraction of sp³-hybridized carbons (Fsp3) is 0.385. The molecular weight excluding hydrogens is 468 g/mol. The summed E-state index contributed by atoms with van der Waals surface area (Å²) in [6, 6.07) is 32.4. The number of aryl methyl sites for hydroxylation is 4. The monoisotopic (exact) mass is 516 g/mol. The third-order valence-corrected chi connectivity index (χ3v) is 7.60. The van der Waals surface area contributed by atoms with E-state index >= 15 is 0 Å². The van der Waals surface area contributed by atoms with Crippen molar-refractivity contribution in [3.05, 3.63) is 129 Å². The van der Waals surface area contributed by atoms with Crippen molar-refractivity contribution < 1.29 is 0 Å². The number of hydrogen-bond acceptors (Lipinski definition) is 0. The summed E-state index contributed by atoms with van der Waals surface area (Å²) in [6.45, 7) is 18.4. The van der Waals surface area contributed by atoms with Crippen LogP contribution in [0.3, 0.4) is 0 Å². The van der Waals surface area contributed by atoms with Crippen LogP contribution in [0.2, 0.25) is 0 Å². The zero-order chi connectivity index (χ0) is 28.2. The highest BCUT2D eigenvalue weighted by atomic mass is 14.2. The molecule has 0 heteroatoms. The molecule has 0 aromatic heterocycles. The smallest absolute Gasteiger partial charge is 0.00256 e. The van der Waals surface area contributed by atoms with Crippen LogP contribution in [0.5, 0.6) is 0 Å². The van der Waals surface area contributed by atoms with Gasteiger partial charge in [-0.1, -0.05) is 126 Å². The largest absolute Gasteiger partial charge is 0.0599 e. The van der Waals surface area contributed by atoms with E-state index in [-0.39, 0.29) is 0 Å². The Morgan fingerprint density at radius 3 is 1.33 bits per heavy atom. The lowest BCUT2D eigenvalue weighted by Gasteiger charge is -2.20. The van der Waals surface area contributed by atoms with Crippen LogP contribution >= 0.6 is 0 Å². The number of rotatable bonds is 8. The van der Waals surface area contributed by atoms with Gasteiger partial charge in [0.05, 0.1) is 0 Å². The zero-order valence-electron chi connectivity index (χ0n) is 25.6. The Kier molecular flexibility index (Phi) is 8.85. The van der Waals surface area contributed by atoms with Crippen molar-refractivity contribution >= 4 is 0 Å². The first-order valence-corrected chi connectivity index (χ1v) is 14.7. The lowest BCUT2D eigenvalue weighted by molar-refractivity contribution is 0.410. The van der Waals surface area contributed by atoms with Gasteiger partial charge in [0.25, 0.3) is 0 Å². The molecule has 0 saturated carbocycles. The maximum absolute atomic E-state index is 2.39. The van der Waals surface area contributed by atoms with Gasteiger partial charge in [-0.05, 0) is 112 Å². The van der Waals surface area contributed by atoms with Crippen molar-refractivity contribution in [2.24, 2.45) is 10.8 Å². The van der Waals surface area contributed by atoms with Gasteiger partial charge >= 0.3 is 0 Å². The van der Waals surface area contributed by atoms with Gasteiger partial charge in [-0.25, -0.2) is 0 Å². The summed E-state index contributed by atoms with van der Waals surface area (Å²) in [5.74, 6) is 0. The first-order chi connectivity index (χ1) is 18.3. The molecule has 0 atom stereocenters. The van der Waals surface area contributed by atoms with Crippen molar-refractivity contribution in [1.82, 2.24) is 0 Å². The van der Waals surface area contributed by atoms with E-state index in [1.807, 2.05) is 0 Å².